The number of halogens is 1. The van der Waals surface area contributed by atoms with Crippen LogP contribution in [0, 0.1) is 17.0 Å². The number of anilines is 1. The van der Waals surface area contributed by atoms with Gasteiger partial charge in [0.15, 0.2) is 0 Å². The van der Waals surface area contributed by atoms with E-state index >= 15 is 0 Å². The van der Waals surface area contributed by atoms with Crippen LogP contribution < -0.4 is 10.6 Å². The number of rotatable bonds is 6. The minimum Gasteiger partial charge on any atom is -0.375 e. The van der Waals surface area contributed by atoms with E-state index in [1.54, 1.807) is 12.1 Å². The summed E-state index contributed by atoms with van der Waals surface area (Å²) in [6, 6.07) is 10.7. The summed E-state index contributed by atoms with van der Waals surface area (Å²) in [7, 11) is 0. The maximum absolute atomic E-state index is 12.1. The topological polar surface area (TPSA) is 84.3 Å². The summed E-state index contributed by atoms with van der Waals surface area (Å²) in [6.45, 7) is 2.45. The van der Waals surface area contributed by atoms with Crippen molar-refractivity contribution in [1.29, 1.82) is 0 Å². The summed E-state index contributed by atoms with van der Waals surface area (Å²) < 4.78 is 0.955. The number of hydrogen-bond acceptors (Lipinski definition) is 4. The summed E-state index contributed by atoms with van der Waals surface area (Å²) in [6.07, 6.45) is 1.94. The van der Waals surface area contributed by atoms with Crippen LogP contribution in [0.3, 0.4) is 0 Å². The first-order chi connectivity index (χ1) is 11.9. The number of nitro groups is 1. The molecule has 1 fully saturated rings. The Morgan fingerprint density at radius 3 is 2.72 bits per heavy atom. The molecular weight excluding hydrogens is 386 g/mol. The predicted octanol–water partition coefficient (Wildman–Crippen LogP) is 4.17. The Labute approximate surface area is 153 Å². The molecule has 3 rings (SSSR count). The Morgan fingerprint density at radius 2 is 2.04 bits per heavy atom. The van der Waals surface area contributed by atoms with E-state index in [9.17, 15) is 14.9 Å². The summed E-state index contributed by atoms with van der Waals surface area (Å²) in [4.78, 5) is 23.0. The number of nitrogens with zero attached hydrogens (tertiary/aromatic N) is 1. The Bertz CT molecular complexity index is 834. The lowest BCUT2D eigenvalue weighted by Gasteiger charge is -2.11. The average Bonchev–Trinajstić information content (AvgIpc) is 3.39. The lowest BCUT2D eigenvalue weighted by molar-refractivity contribution is -0.384. The van der Waals surface area contributed by atoms with E-state index in [2.05, 4.69) is 26.6 Å². The van der Waals surface area contributed by atoms with Crippen molar-refractivity contribution in [2.24, 2.45) is 0 Å². The number of carbonyl (C=O) groups is 1. The largest absolute Gasteiger partial charge is 0.375 e. The zero-order chi connectivity index (χ0) is 18.0. The monoisotopic (exact) mass is 403 g/mol. The lowest BCUT2D eigenvalue weighted by Crippen LogP contribution is -2.25. The quantitative estimate of drug-likeness (QED) is 0.559. The number of benzene rings is 2. The van der Waals surface area contributed by atoms with Crippen molar-refractivity contribution in [1.82, 2.24) is 5.32 Å². The van der Waals surface area contributed by atoms with E-state index in [-0.39, 0.29) is 17.6 Å². The first-order valence-electron chi connectivity index (χ1n) is 8.02. The molecule has 130 valence electrons. The van der Waals surface area contributed by atoms with Gasteiger partial charge in [0.2, 0.25) is 0 Å². The molecule has 1 aliphatic rings. The molecule has 0 bridgehead atoms. The van der Waals surface area contributed by atoms with Crippen molar-refractivity contribution in [3.05, 3.63) is 67.7 Å². The fourth-order valence-electron chi connectivity index (χ4n) is 2.49. The zero-order valence-corrected chi connectivity index (χ0v) is 15.3. The van der Waals surface area contributed by atoms with Gasteiger partial charge in [-0.1, -0.05) is 22.0 Å². The van der Waals surface area contributed by atoms with Gasteiger partial charge in [0.25, 0.3) is 11.6 Å². The van der Waals surface area contributed by atoms with Crippen LogP contribution in [0.2, 0.25) is 0 Å². The number of nitrogens with one attached hydrogen (secondary N) is 2. The highest BCUT2D eigenvalue weighted by Gasteiger charge is 2.25. The van der Waals surface area contributed by atoms with Crippen LogP contribution in [-0.4, -0.2) is 16.9 Å². The van der Waals surface area contributed by atoms with Gasteiger partial charge in [-0.2, -0.15) is 0 Å². The molecule has 0 atom stereocenters. The van der Waals surface area contributed by atoms with E-state index in [0.717, 1.165) is 28.4 Å². The van der Waals surface area contributed by atoms with Crippen molar-refractivity contribution in [3.8, 4) is 0 Å². The molecule has 0 saturated heterocycles. The highest BCUT2D eigenvalue weighted by Crippen LogP contribution is 2.27. The molecule has 7 heteroatoms. The molecule has 0 spiro atoms. The molecule has 0 aliphatic heterocycles. The Balaban J connectivity index is 1.79. The van der Waals surface area contributed by atoms with Crippen LogP contribution in [0.15, 0.2) is 40.9 Å². The van der Waals surface area contributed by atoms with Gasteiger partial charge in [0, 0.05) is 28.7 Å². The molecule has 0 unspecified atom stereocenters. The summed E-state index contributed by atoms with van der Waals surface area (Å²) in [5.74, 6) is -0.264. The maximum atomic E-state index is 12.1. The highest BCUT2D eigenvalue weighted by molar-refractivity contribution is 9.10. The number of carbonyl (C=O) groups excluding carboxylic acids is 1. The van der Waals surface area contributed by atoms with Crippen molar-refractivity contribution < 1.29 is 9.72 Å². The normalized spacial score (nSPS) is 13.4. The van der Waals surface area contributed by atoms with Gasteiger partial charge in [-0.3, -0.25) is 14.9 Å². The minimum absolute atomic E-state index is 0.101. The SMILES string of the molecule is Cc1ccc(Br)cc1CNc1ccc(C(=O)NC2CC2)cc1[N+](=O)[O-]. The fourth-order valence-corrected chi connectivity index (χ4v) is 2.90. The molecule has 0 heterocycles. The molecule has 6 nitrogen and oxygen atoms in total. The summed E-state index contributed by atoms with van der Waals surface area (Å²) in [5.41, 5.74) is 2.74. The van der Waals surface area contributed by atoms with Crippen LogP contribution in [0.1, 0.15) is 34.3 Å². The third kappa shape index (κ3) is 4.36. The zero-order valence-electron chi connectivity index (χ0n) is 13.7. The van der Waals surface area contributed by atoms with E-state index in [0.29, 0.717) is 17.8 Å². The van der Waals surface area contributed by atoms with Crippen molar-refractivity contribution >= 4 is 33.2 Å². The number of hydrogen-bond donors (Lipinski definition) is 2. The molecule has 2 N–H and O–H groups in total. The minimum atomic E-state index is -0.468. The van der Waals surface area contributed by atoms with Crippen LogP contribution >= 0.6 is 15.9 Å². The number of nitro benzene ring substituents is 1. The Morgan fingerprint density at radius 1 is 1.28 bits per heavy atom. The second-order valence-corrected chi connectivity index (χ2v) is 7.08. The Hall–Kier alpha value is -2.41. The predicted molar refractivity (Wildman–Crippen MR) is 99.8 cm³/mol. The van der Waals surface area contributed by atoms with Crippen molar-refractivity contribution in [2.75, 3.05) is 5.32 Å². The lowest BCUT2D eigenvalue weighted by atomic mass is 10.1. The fraction of sp³-hybridized carbons (Fsp3) is 0.278. The molecule has 2 aromatic carbocycles. The second kappa shape index (κ2) is 7.23. The molecule has 0 aromatic heterocycles. The van der Waals surface area contributed by atoms with Crippen LogP contribution in [0.5, 0.6) is 0 Å². The van der Waals surface area contributed by atoms with Crippen LogP contribution in [0.4, 0.5) is 11.4 Å². The third-order valence-corrected chi connectivity index (χ3v) is 4.64. The van der Waals surface area contributed by atoms with E-state index in [1.807, 2.05) is 25.1 Å². The molecule has 2 aromatic rings. The molecular formula is C18H18BrN3O3. The van der Waals surface area contributed by atoms with Gasteiger partial charge in [-0.05, 0) is 55.2 Å². The second-order valence-electron chi connectivity index (χ2n) is 6.16. The maximum Gasteiger partial charge on any atom is 0.293 e. The van der Waals surface area contributed by atoms with Gasteiger partial charge in [-0.25, -0.2) is 0 Å². The van der Waals surface area contributed by atoms with Crippen LogP contribution in [-0.2, 0) is 6.54 Å². The van der Waals surface area contributed by atoms with Gasteiger partial charge in [0.1, 0.15) is 5.69 Å². The number of aryl methyl sites for hydroxylation is 1. The highest BCUT2D eigenvalue weighted by atomic mass is 79.9. The van der Waals surface area contributed by atoms with E-state index in [1.165, 1.54) is 6.07 Å². The van der Waals surface area contributed by atoms with Crippen LogP contribution in [0.25, 0.3) is 0 Å². The number of amides is 1. The van der Waals surface area contributed by atoms with Crippen molar-refractivity contribution in [3.63, 3.8) is 0 Å². The molecule has 1 aliphatic carbocycles. The van der Waals surface area contributed by atoms with Gasteiger partial charge in [-0.15, -0.1) is 0 Å². The van der Waals surface area contributed by atoms with E-state index in [4.69, 9.17) is 0 Å². The molecule has 0 radical (unpaired) electrons. The van der Waals surface area contributed by atoms with E-state index < -0.39 is 4.92 Å². The molecule has 1 amide bonds. The summed E-state index contributed by atoms with van der Waals surface area (Å²) >= 11 is 3.43. The first kappa shape index (κ1) is 17.4. The summed E-state index contributed by atoms with van der Waals surface area (Å²) in [5, 5.41) is 17.3. The standard InChI is InChI=1S/C18H18BrN3O3/c1-11-2-4-14(19)8-13(11)10-20-16-7-3-12(9-17(16)22(24)25)18(23)21-15-5-6-15/h2-4,7-9,15,20H,5-6,10H2,1H3,(H,21,23). The average molecular weight is 404 g/mol. The first-order valence-corrected chi connectivity index (χ1v) is 8.81. The third-order valence-electron chi connectivity index (χ3n) is 4.15. The van der Waals surface area contributed by atoms with Gasteiger partial charge < -0.3 is 10.6 Å². The van der Waals surface area contributed by atoms with Gasteiger partial charge >= 0.3 is 0 Å². The smallest absolute Gasteiger partial charge is 0.293 e. The molecule has 1 saturated carbocycles. The molecule has 25 heavy (non-hydrogen) atoms. The van der Waals surface area contributed by atoms with Crippen molar-refractivity contribution in [2.45, 2.75) is 32.4 Å². The van der Waals surface area contributed by atoms with Gasteiger partial charge in [0.05, 0.1) is 4.92 Å². The Kier molecular flexibility index (Phi) is 5.03.